The Balaban J connectivity index is 1.84. The van der Waals surface area contributed by atoms with Crippen LogP contribution in [0.1, 0.15) is 114 Å². The lowest BCUT2D eigenvalue weighted by Crippen LogP contribution is -2.51. The van der Waals surface area contributed by atoms with Gasteiger partial charge in [0.25, 0.3) is 0 Å². The summed E-state index contributed by atoms with van der Waals surface area (Å²) in [4.78, 5) is 10.5. The van der Waals surface area contributed by atoms with Crippen LogP contribution in [-0.2, 0) is 26.6 Å². The summed E-state index contributed by atoms with van der Waals surface area (Å²) in [5, 5.41) is 1.94. The van der Waals surface area contributed by atoms with Crippen molar-refractivity contribution < 1.29 is 26.6 Å². The molecular formula is C38H60N2O6S4Si2. The third kappa shape index (κ3) is 11.3. The van der Waals surface area contributed by atoms with Crippen molar-refractivity contribution in [3.8, 4) is 0 Å². The summed E-state index contributed by atoms with van der Waals surface area (Å²) in [5.74, 6) is 0. The number of nitrogens with zero attached hydrogens (tertiary/aromatic N) is 2. The van der Waals surface area contributed by atoms with Crippen molar-refractivity contribution in [3.63, 3.8) is 0 Å². The summed E-state index contributed by atoms with van der Waals surface area (Å²) in [5.41, 5.74) is 1.86. The summed E-state index contributed by atoms with van der Waals surface area (Å²) in [6, 6.07) is 16.8. The van der Waals surface area contributed by atoms with Gasteiger partial charge in [0.2, 0.25) is 0 Å². The molecule has 0 fully saturated rings. The fourth-order valence-corrected chi connectivity index (χ4v) is 20.2. The molecule has 0 spiro atoms. The molecule has 0 N–H and O–H groups in total. The van der Waals surface area contributed by atoms with E-state index in [1.165, 1.54) is 9.40 Å². The molecule has 0 radical (unpaired) electrons. The molecule has 4 aromatic rings. The number of fused-ring (bicyclic) bond motifs is 2. The Hall–Kier alpha value is -0.886. The van der Waals surface area contributed by atoms with Gasteiger partial charge in [0.05, 0.1) is 30.9 Å². The second-order valence-corrected chi connectivity index (χ2v) is 23.6. The lowest BCUT2D eigenvalue weighted by atomic mass is 10.3. The predicted molar refractivity (Wildman–Crippen MR) is 228 cm³/mol. The molecule has 4 rings (SSSR count). The van der Waals surface area contributed by atoms with Gasteiger partial charge in [-0.1, -0.05) is 101 Å². The molecule has 0 aliphatic heterocycles. The SMILES string of the molecule is CCCO[Si](OCCC)(OCCC)C(C)C(SSC(c1nc2ccccc2s1)C(C)[Si](OCCC)(OCCC)OCCC)c1nc2ccccc2s1. The van der Waals surface area contributed by atoms with Crippen molar-refractivity contribution in [2.24, 2.45) is 0 Å². The average molecular weight is 825 g/mol. The first-order chi connectivity index (χ1) is 25.3. The van der Waals surface area contributed by atoms with Gasteiger partial charge in [-0.05, 0) is 62.8 Å². The lowest BCUT2D eigenvalue weighted by molar-refractivity contribution is 0.0499. The summed E-state index contributed by atoms with van der Waals surface area (Å²) in [7, 11) is -2.72. The van der Waals surface area contributed by atoms with Gasteiger partial charge in [-0.3, -0.25) is 0 Å². The van der Waals surface area contributed by atoms with Gasteiger partial charge in [0.15, 0.2) is 0 Å². The highest BCUT2D eigenvalue weighted by Gasteiger charge is 2.54. The molecule has 0 saturated heterocycles. The standard InChI is InChI=1S/C38H60N2O6S4Si2/c1-9-23-41-51(42-24-10-2,43-25-11-3)29(7)35(37-39-31-19-15-17-21-33(31)47-37)49-50-36(38-40-32-20-16-18-22-34(32)48-38)30(8)52(44-26-12-4,45-27-13-5)46-28-14-6/h15-22,29-30,35-36H,9-14,23-28H2,1-8H3. The molecule has 2 aromatic heterocycles. The van der Waals surface area contributed by atoms with Gasteiger partial charge in [0.1, 0.15) is 10.0 Å². The van der Waals surface area contributed by atoms with E-state index in [9.17, 15) is 0 Å². The molecule has 0 saturated carbocycles. The topological polar surface area (TPSA) is 81.2 Å². The van der Waals surface area contributed by atoms with Gasteiger partial charge >= 0.3 is 17.6 Å². The maximum atomic E-state index is 6.77. The lowest BCUT2D eigenvalue weighted by Gasteiger charge is -2.39. The Labute approximate surface area is 330 Å². The molecule has 8 nitrogen and oxygen atoms in total. The van der Waals surface area contributed by atoms with Crippen LogP contribution in [0.15, 0.2) is 48.5 Å². The number of thiazole rings is 2. The van der Waals surface area contributed by atoms with Crippen LogP contribution >= 0.6 is 44.3 Å². The smallest absolute Gasteiger partial charge is 0.373 e. The molecule has 14 heteroatoms. The number of benzene rings is 2. The van der Waals surface area contributed by atoms with Crippen LogP contribution in [0.3, 0.4) is 0 Å². The number of hydrogen-bond donors (Lipinski definition) is 0. The first-order valence-corrected chi connectivity index (χ1v) is 26.7. The zero-order valence-electron chi connectivity index (χ0n) is 32.4. The molecule has 0 aliphatic rings. The van der Waals surface area contributed by atoms with E-state index in [0.717, 1.165) is 59.6 Å². The number of para-hydroxylation sites is 2. The van der Waals surface area contributed by atoms with Crippen LogP contribution in [0.25, 0.3) is 20.4 Å². The maximum Gasteiger partial charge on any atom is 0.505 e. The molecule has 290 valence electrons. The third-order valence-electron chi connectivity index (χ3n) is 8.44. The van der Waals surface area contributed by atoms with E-state index in [1.807, 2.05) is 21.6 Å². The average Bonchev–Trinajstić information content (AvgIpc) is 3.80. The Morgan fingerprint density at radius 3 is 1.06 bits per heavy atom. The maximum absolute atomic E-state index is 6.77. The Bertz CT molecular complexity index is 1370. The summed E-state index contributed by atoms with van der Waals surface area (Å²) in [6.45, 7) is 20.9. The largest absolute Gasteiger partial charge is 0.505 e. The molecule has 0 aliphatic carbocycles. The monoisotopic (exact) mass is 824 g/mol. The van der Waals surface area contributed by atoms with Crippen LogP contribution in [0.5, 0.6) is 0 Å². The summed E-state index contributed by atoms with van der Waals surface area (Å²) < 4.78 is 43.0. The van der Waals surface area contributed by atoms with E-state index in [1.54, 1.807) is 22.7 Å². The van der Waals surface area contributed by atoms with Gasteiger partial charge in [-0.15, -0.1) is 22.7 Å². The minimum Gasteiger partial charge on any atom is -0.373 e. The van der Waals surface area contributed by atoms with Crippen LogP contribution in [0.4, 0.5) is 0 Å². The van der Waals surface area contributed by atoms with Crippen LogP contribution in [0, 0.1) is 0 Å². The number of hydrogen-bond acceptors (Lipinski definition) is 12. The van der Waals surface area contributed by atoms with Gasteiger partial charge in [0, 0.05) is 50.7 Å². The molecule has 2 aromatic carbocycles. The Morgan fingerprint density at radius 1 is 0.500 bits per heavy atom. The van der Waals surface area contributed by atoms with Crippen molar-refractivity contribution in [2.75, 3.05) is 39.6 Å². The minimum atomic E-state index is -3.20. The molecule has 4 unspecified atom stereocenters. The summed E-state index contributed by atoms with van der Waals surface area (Å²) >= 11 is 3.50. The van der Waals surface area contributed by atoms with E-state index in [4.69, 9.17) is 36.5 Å². The van der Waals surface area contributed by atoms with Crippen LogP contribution in [-0.4, -0.2) is 67.2 Å². The van der Waals surface area contributed by atoms with Crippen molar-refractivity contribution in [1.82, 2.24) is 9.97 Å². The molecular weight excluding hydrogens is 765 g/mol. The second kappa shape index (κ2) is 22.6. The van der Waals surface area contributed by atoms with E-state index in [-0.39, 0.29) is 21.6 Å². The molecule has 4 atom stereocenters. The highest BCUT2D eigenvalue weighted by atomic mass is 33.1. The van der Waals surface area contributed by atoms with Gasteiger partial charge < -0.3 is 26.6 Å². The zero-order valence-corrected chi connectivity index (χ0v) is 37.7. The minimum absolute atomic E-state index is 0.0763. The van der Waals surface area contributed by atoms with Crippen molar-refractivity contribution >= 4 is 82.3 Å². The third-order valence-corrected chi connectivity index (χ3v) is 21.4. The molecule has 2 heterocycles. The van der Waals surface area contributed by atoms with E-state index < -0.39 is 17.6 Å². The van der Waals surface area contributed by atoms with Crippen LogP contribution < -0.4 is 0 Å². The fourth-order valence-electron chi connectivity index (χ4n) is 5.70. The van der Waals surface area contributed by atoms with E-state index in [2.05, 4.69) is 104 Å². The van der Waals surface area contributed by atoms with E-state index in [0.29, 0.717) is 39.6 Å². The van der Waals surface area contributed by atoms with Gasteiger partial charge in [-0.25, -0.2) is 9.97 Å². The number of aromatic nitrogens is 2. The molecule has 52 heavy (non-hydrogen) atoms. The van der Waals surface area contributed by atoms with Crippen molar-refractivity contribution in [2.45, 2.75) is 115 Å². The predicted octanol–water partition coefficient (Wildman–Crippen LogP) is 12.3. The number of rotatable bonds is 27. The summed E-state index contributed by atoms with van der Waals surface area (Å²) in [6.07, 6.45) is 5.32. The second-order valence-electron chi connectivity index (χ2n) is 12.9. The molecule has 0 bridgehead atoms. The normalized spacial score (nSPS) is 15.0. The fraction of sp³-hybridized carbons (Fsp3) is 0.632. The highest BCUT2D eigenvalue weighted by Crippen LogP contribution is 2.59. The van der Waals surface area contributed by atoms with Crippen molar-refractivity contribution in [3.05, 3.63) is 58.5 Å². The zero-order chi connectivity index (χ0) is 37.4. The Kier molecular flexibility index (Phi) is 19.1. The van der Waals surface area contributed by atoms with Crippen LogP contribution in [0.2, 0.25) is 11.1 Å². The first kappa shape index (κ1) is 43.8. The van der Waals surface area contributed by atoms with E-state index >= 15 is 0 Å². The Morgan fingerprint density at radius 2 is 0.788 bits per heavy atom. The highest BCUT2D eigenvalue weighted by molar-refractivity contribution is 8.76. The van der Waals surface area contributed by atoms with Crippen molar-refractivity contribution in [1.29, 1.82) is 0 Å². The first-order valence-electron chi connectivity index (χ1n) is 19.2. The van der Waals surface area contributed by atoms with Gasteiger partial charge in [-0.2, -0.15) is 0 Å². The quantitative estimate of drug-likeness (QED) is 0.0428. The molecule has 0 amide bonds.